The maximum Gasteiger partial charge on any atom is 2.00 e. The van der Waals surface area contributed by atoms with E-state index in [1.54, 1.807) is 0 Å². The predicted octanol–water partition coefficient (Wildman–Crippen LogP) is 11.1. The van der Waals surface area contributed by atoms with Gasteiger partial charge in [0, 0.05) is 50.9 Å². The van der Waals surface area contributed by atoms with Crippen molar-refractivity contribution in [2.75, 3.05) is 5.75 Å². The maximum atomic E-state index is 6.80. The van der Waals surface area contributed by atoms with Gasteiger partial charge in [-0.05, 0) is 35.1 Å². The summed E-state index contributed by atoms with van der Waals surface area (Å²) in [5.41, 5.74) is 12.6. The van der Waals surface area contributed by atoms with E-state index in [2.05, 4.69) is 149 Å². The van der Waals surface area contributed by atoms with E-state index in [1.165, 1.54) is 38.7 Å². The fourth-order valence-corrected chi connectivity index (χ4v) is 9.36. The Morgan fingerprint density at radius 3 is 2.15 bits per heavy atom. The smallest absolute Gasteiger partial charge is 0.502 e. The third kappa shape index (κ3) is 5.56. The first kappa shape index (κ1) is 34.6. The van der Waals surface area contributed by atoms with Crippen molar-refractivity contribution in [3.05, 3.63) is 165 Å². The Bertz CT molecular complexity index is 2500. The number of aryl methyl sites for hydroxylation is 4. The molecule has 260 valence electrons. The second-order valence-electron chi connectivity index (χ2n) is 14.6. The van der Waals surface area contributed by atoms with Gasteiger partial charge in [-0.15, -0.1) is 34.2 Å². The Balaban J connectivity index is 0.00000387. The summed E-state index contributed by atoms with van der Waals surface area (Å²) in [6.45, 7) is 13.2. The molecule has 6 heteroatoms. The molecule has 0 N–H and O–H groups in total. The maximum absolute atomic E-state index is 6.80. The minimum absolute atomic E-state index is 0. The van der Waals surface area contributed by atoms with E-state index in [1.807, 2.05) is 24.0 Å². The minimum atomic E-state index is -0.181. The van der Waals surface area contributed by atoms with E-state index in [-0.39, 0.29) is 38.4 Å². The van der Waals surface area contributed by atoms with E-state index in [9.17, 15) is 0 Å². The van der Waals surface area contributed by atoms with Crippen LogP contribution in [-0.2, 0) is 26.5 Å². The number of nitrogens with zero attached hydrogens (tertiary/aromatic N) is 3. The van der Waals surface area contributed by atoms with Gasteiger partial charge in [0.1, 0.15) is 5.82 Å². The Morgan fingerprint density at radius 2 is 1.44 bits per heavy atom. The average molecular weight is 877 g/mol. The molecular weight excluding hydrogens is 838 g/mol. The van der Waals surface area contributed by atoms with Gasteiger partial charge in [-0.3, -0.25) is 0 Å². The molecule has 1 atom stereocenters. The van der Waals surface area contributed by atoms with E-state index >= 15 is 0 Å². The number of pyridine rings is 1. The number of aromatic nitrogens is 2. The van der Waals surface area contributed by atoms with E-state index in [0.29, 0.717) is 11.5 Å². The normalized spacial score (nSPS) is 15.8. The fraction of sp³-hybridized carbons (Fsp3) is 0.217. The van der Waals surface area contributed by atoms with Crippen molar-refractivity contribution in [3.8, 4) is 17.3 Å². The van der Waals surface area contributed by atoms with Crippen LogP contribution in [0.15, 0.2) is 108 Å². The molecule has 0 unspecified atom stereocenters. The number of hydrogen-bond acceptors (Lipinski definition) is 4. The first-order valence-corrected chi connectivity index (χ1v) is 18.7. The van der Waals surface area contributed by atoms with Gasteiger partial charge >= 0.3 is 21.1 Å². The molecular formula is C46H39N3OPtS. The summed E-state index contributed by atoms with van der Waals surface area (Å²) in [6.07, 6.45) is 1.89. The molecule has 0 radical (unpaired) electrons. The molecule has 0 saturated heterocycles. The second-order valence-corrected chi connectivity index (χ2v) is 15.6. The van der Waals surface area contributed by atoms with E-state index in [4.69, 9.17) is 14.7 Å². The minimum Gasteiger partial charge on any atom is -0.502 e. The summed E-state index contributed by atoms with van der Waals surface area (Å²) in [7, 11) is 0. The second kappa shape index (κ2) is 13.2. The summed E-state index contributed by atoms with van der Waals surface area (Å²) >= 11 is 1.82. The molecule has 2 aliphatic heterocycles. The molecule has 7 aromatic rings. The van der Waals surface area contributed by atoms with Gasteiger partial charge in [-0.2, -0.15) is 17.8 Å². The third-order valence-electron chi connectivity index (χ3n) is 10.8. The molecule has 52 heavy (non-hydrogen) atoms. The molecule has 0 bridgehead atoms. The summed E-state index contributed by atoms with van der Waals surface area (Å²) in [4.78, 5) is 10.3. The van der Waals surface area contributed by atoms with Crippen molar-refractivity contribution >= 4 is 38.6 Å². The van der Waals surface area contributed by atoms with Gasteiger partial charge in [0.05, 0.1) is 6.04 Å². The molecule has 4 heterocycles. The van der Waals surface area contributed by atoms with Gasteiger partial charge in [-0.25, -0.2) is 4.98 Å². The molecule has 2 aliphatic rings. The van der Waals surface area contributed by atoms with Crippen LogP contribution in [0.25, 0.3) is 27.6 Å². The van der Waals surface area contributed by atoms with E-state index < -0.39 is 0 Å². The molecule has 2 aromatic heterocycles. The Labute approximate surface area is 324 Å². The Kier molecular flexibility index (Phi) is 8.79. The van der Waals surface area contributed by atoms with Crippen LogP contribution in [0, 0.1) is 39.8 Å². The van der Waals surface area contributed by atoms with Crippen molar-refractivity contribution in [1.29, 1.82) is 0 Å². The van der Waals surface area contributed by atoms with Crippen molar-refractivity contribution in [2.45, 2.75) is 58.9 Å². The largest absolute Gasteiger partial charge is 2.00 e. The van der Waals surface area contributed by atoms with Crippen LogP contribution in [0.4, 0.5) is 0 Å². The van der Waals surface area contributed by atoms with Crippen molar-refractivity contribution in [1.82, 2.24) is 9.55 Å². The number of aliphatic imine (C=N–C) groups is 1. The van der Waals surface area contributed by atoms with Crippen molar-refractivity contribution < 1.29 is 25.8 Å². The topological polar surface area (TPSA) is 39.4 Å². The van der Waals surface area contributed by atoms with Crippen LogP contribution in [0.2, 0.25) is 0 Å². The van der Waals surface area contributed by atoms with Crippen LogP contribution in [0.1, 0.15) is 69.8 Å². The zero-order valence-corrected chi connectivity index (χ0v) is 33.2. The van der Waals surface area contributed by atoms with Gasteiger partial charge in [-0.1, -0.05) is 136 Å². The first-order valence-electron chi connectivity index (χ1n) is 17.7. The molecule has 5 aromatic carbocycles. The van der Waals surface area contributed by atoms with Crippen LogP contribution in [0.3, 0.4) is 0 Å². The number of hydrogen-bond donors (Lipinski definition) is 0. The monoisotopic (exact) mass is 876 g/mol. The summed E-state index contributed by atoms with van der Waals surface area (Å²) < 4.78 is 9.10. The number of fused-ring (bicyclic) bond motifs is 5. The Hall–Kier alpha value is -4.44. The average Bonchev–Trinajstić information content (AvgIpc) is 3.72. The molecule has 0 spiro atoms. The SMILES string of the molecule is Cc1cc2c3c(c1)c1cc(C)c(Oc4[c-]c(C5=N[C@H](C(c6ccccc6)c6ccccc6)CS5)c(C)cc4C)[c-]c1n3-c1ncccc1C2(C)C.[Pt+2]. The van der Waals surface area contributed by atoms with Crippen LogP contribution in [-0.4, -0.2) is 26.4 Å². The molecule has 0 amide bonds. The van der Waals surface area contributed by atoms with Crippen molar-refractivity contribution in [2.24, 2.45) is 4.99 Å². The van der Waals surface area contributed by atoms with Gasteiger partial charge in [0.15, 0.2) is 0 Å². The number of benzene rings is 5. The number of rotatable bonds is 6. The van der Waals surface area contributed by atoms with Crippen molar-refractivity contribution in [3.63, 3.8) is 0 Å². The van der Waals surface area contributed by atoms with Gasteiger partial charge in [0.25, 0.3) is 0 Å². The third-order valence-corrected chi connectivity index (χ3v) is 11.9. The molecule has 0 aliphatic carbocycles. The quantitative estimate of drug-likeness (QED) is 0.156. The summed E-state index contributed by atoms with van der Waals surface area (Å²) in [5, 5.41) is 3.41. The van der Waals surface area contributed by atoms with Gasteiger partial charge < -0.3 is 14.3 Å². The van der Waals surface area contributed by atoms with Crippen LogP contribution in [0.5, 0.6) is 11.5 Å². The van der Waals surface area contributed by atoms with Crippen LogP contribution >= 0.6 is 11.8 Å². The molecule has 4 nitrogen and oxygen atoms in total. The van der Waals surface area contributed by atoms with Gasteiger partial charge in [0.2, 0.25) is 0 Å². The van der Waals surface area contributed by atoms with Crippen LogP contribution < -0.4 is 4.74 Å². The standard InChI is InChI=1S/C46H39N3OS.Pt/c1-27-20-35-34-23-30(4)41(25-39(34)49-43(35)37(21-27)46(5,6)36-18-13-19-47-44(36)49)50-40-24-33(28(2)22-29(40)3)45-48-38(26-51-45)42(31-14-9-7-10-15-31)32-16-11-8-12-17-32;/h7-23,38,42H,26H2,1-6H3;/q-2;+2/t38-;/m0./s1. The molecule has 9 rings (SSSR count). The van der Waals surface area contributed by atoms with E-state index in [0.717, 1.165) is 49.8 Å². The number of thioether (sulfide) groups is 1. The Morgan fingerprint density at radius 1 is 0.769 bits per heavy atom. The predicted molar refractivity (Wildman–Crippen MR) is 211 cm³/mol. The fourth-order valence-electron chi connectivity index (χ4n) is 8.20. The molecule has 0 saturated carbocycles. The zero-order chi connectivity index (χ0) is 35.0. The first-order chi connectivity index (χ1) is 24.7. The summed E-state index contributed by atoms with van der Waals surface area (Å²) in [6, 6.07) is 42.4. The number of ether oxygens (including phenoxy) is 1. The molecule has 0 fully saturated rings. The summed E-state index contributed by atoms with van der Waals surface area (Å²) in [5.74, 6) is 3.44. The zero-order valence-electron chi connectivity index (χ0n) is 30.2.